The highest BCUT2D eigenvalue weighted by Gasteiger charge is 2.55. The summed E-state index contributed by atoms with van der Waals surface area (Å²) in [5.41, 5.74) is 0. The van der Waals surface area contributed by atoms with Crippen molar-refractivity contribution in [1.29, 1.82) is 0 Å². The molecule has 0 aromatic carbocycles. The van der Waals surface area contributed by atoms with Gasteiger partial charge < -0.3 is 84.1 Å². The van der Waals surface area contributed by atoms with E-state index in [2.05, 4.69) is 10.1 Å². The predicted octanol–water partition coefficient (Wildman–Crippen LogP) is -2.98. The van der Waals surface area contributed by atoms with Crippen LogP contribution in [0.4, 0.5) is 0 Å². The number of esters is 1. The largest absolute Gasteiger partial charge is 0.479 e. The molecule has 0 unspecified atom stereocenters. The van der Waals surface area contributed by atoms with Crippen molar-refractivity contribution >= 4 is 17.8 Å². The van der Waals surface area contributed by atoms with Gasteiger partial charge in [0.1, 0.15) is 67.1 Å². The van der Waals surface area contributed by atoms with E-state index in [9.17, 15) is 55.2 Å². The molecular formula is C33H57NO19. The fourth-order valence-corrected chi connectivity index (χ4v) is 6.34. The van der Waals surface area contributed by atoms with Crippen LogP contribution in [-0.4, -0.2) is 184 Å². The van der Waals surface area contributed by atoms with Crippen molar-refractivity contribution in [3.05, 3.63) is 0 Å². The number of methoxy groups -OCH3 is 1. The maximum absolute atomic E-state index is 12.6. The van der Waals surface area contributed by atoms with Gasteiger partial charge in [-0.1, -0.05) is 25.7 Å². The van der Waals surface area contributed by atoms with Crippen molar-refractivity contribution in [1.82, 2.24) is 5.32 Å². The first-order valence-corrected chi connectivity index (χ1v) is 17.9. The average molecular weight is 772 g/mol. The maximum atomic E-state index is 12.6. The van der Waals surface area contributed by atoms with E-state index >= 15 is 0 Å². The zero-order valence-corrected chi connectivity index (χ0v) is 30.4. The highest BCUT2D eigenvalue weighted by atomic mass is 16.8. The van der Waals surface area contributed by atoms with E-state index in [1.54, 1.807) is 0 Å². The van der Waals surface area contributed by atoms with Gasteiger partial charge in [-0.15, -0.1) is 0 Å². The third-order valence-electron chi connectivity index (χ3n) is 9.40. The molecular weight excluding hydrogens is 714 g/mol. The summed E-state index contributed by atoms with van der Waals surface area (Å²) in [6.07, 6.45) is -18.4. The third-order valence-corrected chi connectivity index (χ3v) is 9.40. The van der Waals surface area contributed by atoms with E-state index in [1.165, 1.54) is 21.0 Å². The summed E-state index contributed by atoms with van der Waals surface area (Å²) in [5, 5.41) is 86.0. The van der Waals surface area contributed by atoms with Crippen molar-refractivity contribution in [3.8, 4) is 0 Å². The Morgan fingerprint density at radius 1 is 0.717 bits per heavy atom. The van der Waals surface area contributed by atoms with Crippen LogP contribution in [0.1, 0.15) is 65.7 Å². The van der Waals surface area contributed by atoms with Gasteiger partial charge >= 0.3 is 11.9 Å². The second-order valence-electron chi connectivity index (χ2n) is 13.4. The van der Waals surface area contributed by atoms with Crippen molar-refractivity contribution in [3.63, 3.8) is 0 Å². The van der Waals surface area contributed by atoms with Crippen molar-refractivity contribution < 1.29 is 93.1 Å². The summed E-state index contributed by atoms with van der Waals surface area (Å²) < 4.78 is 45.7. The van der Waals surface area contributed by atoms with Gasteiger partial charge in [-0.25, -0.2) is 4.79 Å². The minimum atomic E-state index is -1.89. The number of amides is 1. The highest BCUT2D eigenvalue weighted by Crippen LogP contribution is 2.34. The van der Waals surface area contributed by atoms with E-state index in [-0.39, 0.29) is 12.6 Å². The second kappa shape index (κ2) is 21.8. The van der Waals surface area contributed by atoms with Crippen LogP contribution >= 0.6 is 0 Å². The zero-order valence-electron chi connectivity index (χ0n) is 30.4. The van der Waals surface area contributed by atoms with Crippen LogP contribution in [0.25, 0.3) is 0 Å². The first-order chi connectivity index (χ1) is 25.1. The lowest BCUT2D eigenvalue weighted by Gasteiger charge is -2.50. The molecule has 308 valence electrons. The summed E-state index contributed by atoms with van der Waals surface area (Å²) in [4.78, 5) is 35.4. The van der Waals surface area contributed by atoms with E-state index in [4.69, 9.17) is 33.2 Å². The van der Waals surface area contributed by atoms with Gasteiger partial charge in [0, 0.05) is 20.0 Å². The number of aliphatic carboxylic acids is 1. The van der Waals surface area contributed by atoms with Gasteiger partial charge in [0.25, 0.3) is 0 Å². The number of carboxylic acid groups (broad SMARTS) is 1. The Kier molecular flexibility index (Phi) is 18.6. The molecule has 3 aliphatic rings. The Morgan fingerprint density at radius 3 is 1.91 bits per heavy atom. The van der Waals surface area contributed by atoms with Crippen molar-refractivity contribution in [2.75, 3.05) is 26.9 Å². The second-order valence-corrected chi connectivity index (χ2v) is 13.4. The minimum Gasteiger partial charge on any atom is -0.479 e. The molecule has 3 rings (SSSR count). The summed E-state index contributed by atoms with van der Waals surface area (Å²) in [6.45, 7) is 2.34. The molecule has 16 atom stereocenters. The molecule has 20 nitrogen and oxygen atoms in total. The van der Waals surface area contributed by atoms with Gasteiger partial charge in [-0.2, -0.15) is 0 Å². The van der Waals surface area contributed by atoms with Crippen LogP contribution < -0.4 is 5.32 Å². The molecule has 1 amide bonds. The number of hydrogen-bond acceptors (Lipinski definition) is 18. The summed E-state index contributed by atoms with van der Waals surface area (Å²) in [5.74, 6) is -2.25. The molecule has 3 fully saturated rings. The number of carboxylic acids is 1. The molecule has 0 aliphatic carbocycles. The standard InChI is InChI=1S/C33H57NO19/c1-15-22(39)24(41)25(42)32(49-15)53-28-21(34-17(3)37)31(47-12-10-8-6-5-7-9-11-20(38)46-4)51-19(14-36)27(28)52-33-26(43)29(48-16(2)30(44)45)23(40)18(13-35)50-33/h15-16,18-19,21-29,31-33,35-36,39-43H,5-14H2,1-4H3,(H,34,37)(H,44,45)/t15-,16-,18+,19+,21+,22+,23-,24+,25-,26+,27+,28+,29-,31+,32-,33-/m0/s1. The minimum absolute atomic E-state index is 0.130. The number of hydrogen-bond donors (Lipinski definition) is 9. The van der Waals surface area contributed by atoms with Crippen LogP contribution in [0.5, 0.6) is 0 Å². The Balaban J connectivity index is 1.86. The molecule has 0 saturated carbocycles. The van der Waals surface area contributed by atoms with Gasteiger partial charge in [0.2, 0.25) is 5.91 Å². The molecule has 3 heterocycles. The lowest BCUT2D eigenvalue weighted by molar-refractivity contribution is -0.375. The molecule has 20 heteroatoms. The van der Waals surface area contributed by atoms with Gasteiger partial charge in [0.05, 0.1) is 26.4 Å². The van der Waals surface area contributed by atoms with Crippen LogP contribution in [0.3, 0.4) is 0 Å². The van der Waals surface area contributed by atoms with Crippen molar-refractivity contribution in [2.45, 2.75) is 164 Å². The fraction of sp³-hybridized carbons (Fsp3) is 0.909. The monoisotopic (exact) mass is 771 g/mol. The fourth-order valence-electron chi connectivity index (χ4n) is 6.34. The third kappa shape index (κ3) is 12.4. The SMILES string of the molecule is COC(=O)CCCCCCCCO[C@@H]1O[C@H](CO)[C@@H](O[C@@H]2O[C@H](CO)[C@H](O)[C@H](O[C@@H](C)C(=O)O)[C@H]2O)[C@H](O[C@@H]2O[C@@H](C)[C@@H](O)[C@@H](O)[C@@H]2O)[C@H]1NC(C)=O. The molecule has 0 bridgehead atoms. The highest BCUT2D eigenvalue weighted by molar-refractivity contribution is 5.73. The van der Waals surface area contributed by atoms with Gasteiger partial charge in [-0.3, -0.25) is 9.59 Å². The molecule has 0 aromatic rings. The predicted molar refractivity (Wildman–Crippen MR) is 175 cm³/mol. The number of carbonyl (C=O) groups excluding carboxylic acids is 2. The smallest absolute Gasteiger partial charge is 0.332 e. The lowest BCUT2D eigenvalue weighted by atomic mass is 9.94. The molecule has 3 aliphatic heterocycles. The Labute approximate surface area is 307 Å². The Morgan fingerprint density at radius 2 is 1.30 bits per heavy atom. The number of unbranched alkanes of at least 4 members (excludes halogenated alkanes) is 5. The number of ether oxygens (including phenoxy) is 8. The Hall–Kier alpha value is -2.15. The number of carbonyl (C=O) groups is 3. The zero-order chi connectivity index (χ0) is 39.4. The number of aliphatic hydroxyl groups is 7. The van der Waals surface area contributed by atoms with Crippen LogP contribution in [0.2, 0.25) is 0 Å². The van der Waals surface area contributed by atoms with Crippen LogP contribution in [-0.2, 0) is 52.3 Å². The molecule has 3 saturated heterocycles. The van der Waals surface area contributed by atoms with Crippen LogP contribution in [0, 0.1) is 0 Å². The molecule has 0 radical (unpaired) electrons. The van der Waals surface area contributed by atoms with E-state index < -0.39 is 123 Å². The first kappa shape index (κ1) is 45.2. The first-order valence-electron chi connectivity index (χ1n) is 17.9. The number of rotatable bonds is 20. The normalized spacial score (nSPS) is 38.2. The molecule has 53 heavy (non-hydrogen) atoms. The summed E-state index contributed by atoms with van der Waals surface area (Å²) in [6, 6.07) is -1.27. The quantitative estimate of drug-likeness (QED) is 0.0441. The van der Waals surface area contributed by atoms with Gasteiger partial charge in [-0.05, 0) is 26.7 Å². The average Bonchev–Trinajstić information content (AvgIpc) is 3.12. The number of nitrogens with one attached hydrogen (secondary N) is 1. The molecule has 9 N–H and O–H groups in total. The summed E-state index contributed by atoms with van der Waals surface area (Å²) >= 11 is 0. The summed E-state index contributed by atoms with van der Waals surface area (Å²) in [7, 11) is 1.34. The van der Waals surface area contributed by atoms with E-state index in [0.29, 0.717) is 19.3 Å². The van der Waals surface area contributed by atoms with Gasteiger partial charge in [0.15, 0.2) is 25.0 Å². The molecule has 0 aromatic heterocycles. The molecule has 0 spiro atoms. The van der Waals surface area contributed by atoms with Crippen molar-refractivity contribution in [2.24, 2.45) is 0 Å². The maximum Gasteiger partial charge on any atom is 0.332 e. The topological polar surface area (TPSA) is 299 Å². The lowest BCUT2D eigenvalue weighted by Crippen LogP contribution is -2.70. The number of aliphatic hydroxyl groups excluding tert-OH is 7. The van der Waals surface area contributed by atoms with E-state index in [0.717, 1.165) is 32.6 Å². The van der Waals surface area contributed by atoms with E-state index in [1.807, 2.05) is 0 Å². The van der Waals surface area contributed by atoms with Crippen LogP contribution in [0.15, 0.2) is 0 Å². The Bertz CT molecular complexity index is 1130.